The largest absolute Gasteiger partial charge is 0.309 e. The molecule has 0 aromatic carbocycles. The highest BCUT2D eigenvalue weighted by Gasteiger charge is 2.07. The van der Waals surface area contributed by atoms with E-state index in [2.05, 4.69) is 100 Å². The first-order valence-electron chi connectivity index (χ1n) is 23.0. The van der Waals surface area contributed by atoms with Gasteiger partial charge in [0.2, 0.25) is 0 Å². The average Bonchev–Trinajstić information content (AvgIpc) is 3.10. The van der Waals surface area contributed by atoms with Gasteiger partial charge in [-0.2, -0.15) is 0 Å². The summed E-state index contributed by atoms with van der Waals surface area (Å²) in [5.74, 6) is 5.06. The molecule has 0 heterocycles. The highest BCUT2D eigenvalue weighted by atomic mass is 32.2. The van der Waals surface area contributed by atoms with Crippen LogP contribution >= 0.6 is 11.8 Å². The van der Waals surface area contributed by atoms with Gasteiger partial charge in [-0.25, -0.2) is 0 Å². The van der Waals surface area contributed by atoms with Gasteiger partial charge in [-0.15, -0.1) is 11.8 Å². The molecular formula is C50H99NOS. The maximum Gasteiger partial charge on any atom is 0.132 e. The lowest BCUT2D eigenvalue weighted by Crippen LogP contribution is -2.15. The smallest absolute Gasteiger partial charge is 0.132 e. The number of hydrogen-bond donors (Lipinski definition) is 0. The highest BCUT2D eigenvalue weighted by molar-refractivity contribution is 8.03. The van der Waals surface area contributed by atoms with E-state index in [0.717, 1.165) is 49.4 Å². The molecule has 4 atom stereocenters. The number of hydrogen-bond acceptors (Lipinski definition) is 3. The third-order valence-electron chi connectivity index (χ3n) is 10.6. The van der Waals surface area contributed by atoms with Crippen molar-refractivity contribution in [2.45, 2.75) is 230 Å². The predicted molar refractivity (Wildman–Crippen MR) is 249 cm³/mol. The Morgan fingerprint density at radius 1 is 0.566 bits per heavy atom. The second-order valence-electron chi connectivity index (χ2n) is 17.4. The van der Waals surface area contributed by atoms with Crippen molar-refractivity contribution < 1.29 is 4.79 Å². The zero-order valence-electron chi connectivity index (χ0n) is 38.8. The van der Waals surface area contributed by atoms with Crippen LogP contribution in [-0.2, 0) is 4.79 Å². The van der Waals surface area contributed by atoms with Crippen LogP contribution < -0.4 is 0 Å². The number of allylic oxidation sites excluding steroid dienone is 5. The molecule has 0 radical (unpaired) electrons. The van der Waals surface area contributed by atoms with E-state index in [9.17, 15) is 4.79 Å². The van der Waals surface area contributed by atoms with Crippen LogP contribution in [0.15, 0.2) is 34.8 Å². The molecular weight excluding hydrogens is 663 g/mol. The van der Waals surface area contributed by atoms with E-state index in [4.69, 9.17) is 0 Å². The van der Waals surface area contributed by atoms with Gasteiger partial charge in [-0.1, -0.05) is 155 Å². The summed E-state index contributed by atoms with van der Waals surface area (Å²) in [4.78, 5) is 15.8. The number of ketones is 1. The first-order chi connectivity index (χ1) is 25.3. The molecule has 0 spiro atoms. The summed E-state index contributed by atoms with van der Waals surface area (Å²) in [5.41, 5.74) is 2.86. The van der Waals surface area contributed by atoms with E-state index >= 15 is 0 Å². The zero-order valence-corrected chi connectivity index (χ0v) is 39.6. The lowest BCUT2D eigenvalue weighted by molar-refractivity contribution is -0.119. The van der Waals surface area contributed by atoms with E-state index in [0.29, 0.717) is 5.78 Å². The van der Waals surface area contributed by atoms with Crippen LogP contribution in [0.3, 0.4) is 0 Å². The molecule has 0 amide bonds. The molecule has 0 saturated heterocycles. The molecule has 4 unspecified atom stereocenters. The number of carbonyl (C=O) groups is 1. The molecule has 2 nitrogen and oxygen atoms in total. The highest BCUT2D eigenvalue weighted by Crippen LogP contribution is 2.25. The number of thioether (sulfide) groups is 1. The van der Waals surface area contributed by atoms with E-state index in [1.807, 2.05) is 25.6 Å². The molecule has 0 aliphatic carbocycles. The van der Waals surface area contributed by atoms with Crippen LogP contribution in [0, 0.1) is 23.7 Å². The van der Waals surface area contributed by atoms with Crippen molar-refractivity contribution in [2.24, 2.45) is 23.7 Å². The summed E-state index contributed by atoms with van der Waals surface area (Å²) in [7, 11) is 4.25. The van der Waals surface area contributed by atoms with Gasteiger partial charge in [-0.3, -0.25) is 4.79 Å². The Labute approximate surface area is 341 Å². The van der Waals surface area contributed by atoms with Crippen molar-refractivity contribution in [2.75, 3.05) is 26.4 Å². The minimum Gasteiger partial charge on any atom is -0.309 e. The van der Waals surface area contributed by atoms with Crippen LogP contribution in [-0.4, -0.2) is 37.1 Å². The minimum absolute atomic E-state index is 0.496. The molecule has 3 heteroatoms. The number of nitrogens with zero attached hydrogens (tertiary/aromatic N) is 1. The second-order valence-corrected chi connectivity index (χ2v) is 18.6. The molecule has 0 fully saturated rings. The van der Waals surface area contributed by atoms with Gasteiger partial charge in [0.25, 0.3) is 0 Å². The molecule has 0 aliphatic heterocycles. The SMILES string of the molecule is C=C(CCCCCCCC(C)CCCCCCCC(=O)CCCC(C)CCC=C(C)C)SCCC(C)CCC=C(C)C.CC.CCC(C)CCN(C)C. The van der Waals surface area contributed by atoms with Crippen LogP contribution in [0.5, 0.6) is 0 Å². The molecule has 0 bridgehead atoms. The topological polar surface area (TPSA) is 20.3 Å². The second kappa shape index (κ2) is 42.3. The summed E-state index contributed by atoms with van der Waals surface area (Å²) in [6.07, 6.45) is 34.8. The molecule has 53 heavy (non-hydrogen) atoms. The molecule has 0 aromatic heterocycles. The average molecular weight is 762 g/mol. The lowest BCUT2D eigenvalue weighted by Gasteiger charge is -2.12. The van der Waals surface area contributed by atoms with E-state index < -0.39 is 0 Å². The Balaban J connectivity index is -0.00000196. The Morgan fingerprint density at radius 2 is 0.981 bits per heavy atom. The monoisotopic (exact) mass is 762 g/mol. The van der Waals surface area contributed by atoms with Gasteiger partial charge < -0.3 is 4.90 Å². The summed E-state index contributed by atoms with van der Waals surface area (Å²) in [6.45, 7) is 30.0. The minimum atomic E-state index is 0.496. The van der Waals surface area contributed by atoms with E-state index in [1.165, 1.54) is 157 Å². The van der Waals surface area contributed by atoms with Gasteiger partial charge in [0.05, 0.1) is 0 Å². The van der Waals surface area contributed by atoms with Crippen molar-refractivity contribution >= 4 is 17.5 Å². The molecule has 0 aliphatic rings. The number of rotatable bonds is 34. The maximum absolute atomic E-state index is 12.2. The van der Waals surface area contributed by atoms with Crippen molar-refractivity contribution in [3.63, 3.8) is 0 Å². The normalized spacial score (nSPS) is 13.2. The van der Waals surface area contributed by atoms with Crippen LogP contribution in [0.2, 0.25) is 0 Å². The molecule has 0 saturated carbocycles. The van der Waals surface area contributed by atoms with Crippen LogP contribution in [0.1, 0.15) is 230 Å². The van der Waals surface area contributed by atoms with Crippen molar-refractivity contribution in [3.8, 4) is 0 Å². The Kier molecular flexibility index (Phi) is 45.2. The van der Waals surface area contributed by atoms with Crippen molar-refractivity contribution in [1.82, 2.24) is 4.90 Å². The third kappa shape index (κ3) is 49.2. The van der Waals surface area contributed by atoms with Crippen LogP contribution in [0.4, 0.5) is 0 Å². The zero-order chi connectivity index (χ0) is 40.7. The van der Waals surface area contributed by atoms with Crippen molar-refractivity contribution in [1.29, 1.82) is 0 Å². The van der Waals surface area contributed by atoms with Gasteiger partial charge in [0.15, 0.2) is 0 Å². The molecule has 316 valence electrons. The standard InChI is InChI=1S/C40H74OS.C8H19N.C2H6/c1-34(2)22-19-26-37(6)28-21-31-40(41)30-18-14-10-12-16-25-36(5)24-15-11-9-13-17-29-39(8)42-33-32-38(7)27-20-23-35(3)4;1-5-8(2)6-7-9(3)4;1-2/h22-23,36-38H,8-21,24-33H2,1-7H3;8H,5-7H2,1-4H3;1-2H3. The maximum atomic E-state index is 12.2. The van der Waals surface area contributed by atoms with Crippen LogP contribution in [0.25, 0.3) is 0 Å². The summed E-state index contributed by atoms with van der Waals surface area (Å²) in [6, 6.07) is 0. The number of unbranched alkanes of at least 4 members (excludes halogenated alkanes) is 8. The summed E-state index contributed by atoms with van der Waals surface area (Å²) < 4.78 is 0. The van der Waals surface area contributed by atoms with Crippen molar-refractivity contribution in [3.05, 3.63) is 34.8 Å². The fourth-order valence-corrected chi connectivity index (χ4v) is 7.47. The van der Waals surface area contributed by atoms with Gasteiger partial charge in [0.1, 0.15) is 5.78 Å². The molecule has 0 N–H and O–H groups in total. The Hall–Kier alpha value is -0.800. The number of carbonyl (C=O) groups excluding carboxylic acids is 1. The van der Waals surface area contributed by atoms with Gasteiger partial charge >= 0.3 is 0 Å². The predicted octanol–water partition coefficient (Wildman–Crippen LogP) is 17.2. The fourth-order valence-electron chi connectivity index (χ4n) is 6.37. The van der Waals surface area contributed by atoms with E-state index in [1.54, 1.807) is 0 Å². The molecule has 0 aromatic rings. The van der Waals surface area contributed by atoms with E-state index in [-0.39, 0.29) is 0 Å². The van der Waals surface area contributed by atoms with Gasteiger partial charge in [-0.05, 0) is 147 Å². The first-order valence-corrected chi connectivity index (χ1v) is 24.0. The first kappa shape index (κ1) is 56.5. The lowest BCUT2D eigenvalue weighted by atomic mass is 9.95. The summed E-state index contributed by atoms with van der Waals surface area (Å²) in [5, 5.41) is 0. The Morgan fingerprint density at radius 3 is 1.47 bits per heavy atom. The Bertz CT molecular complexity index is 789. The fraction of sp³-hybridized carbons (Fsp3) is 0.860. The quantitative estimate of drug-likeness (QED) is 0.0481. The number of Topliss-reactive ketones (excluding diaryl/α,β-unsaturated/α-hetero) is 1. The third-order valence-corrected chi connectivity index (χ3v) is 11.6. The summed E-state index contributed by atoms with van der Waals surface area (Å²) >= 11 is 2.01. The molecule has 0 rings (SSSR count). The van der Waals surface area contributed by atoms with Gasteiger partial charge in [0, 0.05) is 12.8 Å².